The van der Waals surface area contributed by atoms with Gasteiger partial charge in [0.15, 0.2) is 9.84 Å². The van der Waals surface area contributed by atoms with Gasteiger partial charge in [-0.2, -0.15) is 0 Å². The lowest BCUT2D eigenvalue weighted by atomic mass is 9.95. The van der Waals surface area contributed by atoms with E-state index in [9.17, 15) is 8.42 Å². The molecule has 28 heavy (non-hydrogen) atoms. The quantitative estimate of drug-likeness (QED) is 0.682. The van der Waals surface area contributed by atoms with Gasteiger partial charge in [0.05, 0.1) is 10.1 Å². The van der Waals surface area contributed by atoms with Crippen LogP contribution in [-0.4, -0.2) is 36.6 Å². The van der Waals surface area contributed by atoms with Crippen LogP contribution >= 0.6 is 0 Å². The summed E-state index contributed by atoms with van der Waals surface area (Å²) < 4.78 is 26.3. The van der Waals surface area contributed by atoms with Crippen LogP contribution in [0.25, 0.3) is 11.1 Å². The molecule has 1 aromatic heterocycles. The molecule has 0 bridgehead atoms. The number of rotatable bonds is 3. The van der Waals surface area contributed by atoms with Gasteiger partial charge in [0.1, 0.15) is 0 Å². The maximum absolute atomic E-state index is 13.1. The van der Waals surface area contributed by atoms with Crippen LogP contribution < -0.4 is 0 Å². The summed E-state index contributed by atoms with van der Waals surface area (Å²) >= 11 is 0. The van der Waals surface area contributed by atoms with Gasteiger partial charge in [-0.15, -0.1) is 0 Å². The van der Waals surface area contributed by atoms with Crippen molar-refractivity contribution in [3.63, 3.8) is 0 Å². The van der Waals surface area contributed by atoms with Crippen molar-refractivity contribution in [1.82, 2.24) is 9.88 Å². The van der Waals surface area contributed by atoms with E-state index in [0.717, 1.165) is 29.8 Å². The first-order valence-electron chi connectivity index (χ1n) is 9.58. The highest BCUT2D eigenvalue weighted by atomic mass is 32.2. The molecule has 0 spiro atoms. The van der Waals surface area contributed by atoms with Gasteiger partial charge >= 0.3 is 0 Å². The Morgan fingerprint density at radius 1 is 1.04 bits per heavy atom. The summed E-state index contributed by atoms with van der Waals surface area (Å²) in [7, 11) is -3.27. The summed E-state index contributed by atoms with van der Waals surface area (Å²) in [5.74, 6) is 0.0430. The zero-order valence-electron chi connectivity index (χ0n) is 15.7. The van der Waals surface area contributed by atoms with Crippen LogP contribution in [0.4, 0.5) is 0 Å². The molecule has 1 saturated heterocycles. The van der Waals surface area contributed by atoms with Crippen molar-refractivity contribution in [3.8, 4) is 11.1 Å². The first-order chi connectivity index (χ1) is 13.5. The van der Waals surface area contributed by atoms with Crippen LogP contribution in [-0.2, 0) is 16.4 Å². The molecule has 3 heterocycles. The fraction of sp³-hybridized carbons (Fsp3) is 0.261. The Hall–Kier alpha value is -2.50. The minimum atomic E-state index is -3.27. The van der Waals surface area contributed by atoms with E-state index in [-0.39, 0.29) is 11.2 Å². The number of hydrogen-bond acceptors (Lipinski definition) is 4. The molecule has 0 saturated carbocycles. The average Bonchev–Trinajstić information content (AvgIpc) is 3.20. The Balaban J connectivity index is 1.47. The van der Waals surface area contributed by atoms with Crippen molar-refractivity contribution in [2.75, 3.05) is 13.1 Å². The molecular weight excluding hydrogens is 368 g/mol. The topological polar surface area (TPSA) is 50.3 Å². The average molecular weight is 391 g/mol. The van der Waals surface area contributed by atoms with Crippen molar-refractivity contribution in [2.45, 2.75) is 29.5 Å². The Kier molecular flexibility index (Phi) is 4.11. The number of likely N-dealkylation sites (tertiary alicyclic amines) is 1. The van der Waals surface area contributed by atoms with Crippen LogP contribution in [0.2, 0.25) is 0 Å². The van der Waals surface area contributed by atoms with Gasteiger partial charge in [0, 0.05) is 37.9 Å². The number of hydrogen-bond donors (Lipinski definition) is 0. The second-order valence-electron chi connectivity index (χ2n) is 7.87. The molecule has 5 heteroatoms. The normalized spacial score (nSPS) is 22.8. The molecule has 0 unspecified atom stereocenters. The maximum atomic E-state index is 13.1. The predicted molar refractivity (Wildman–Crippen MR) is 110 cm³/mol. The number of benzene rings is 2. The van der Waals surface area contributed by atoms with Gasteiger partial charge in [-0.1, -0.05) is 42.0 Å². The zero-order valence-corrected chi connectivity index (χ0v) is 16.6. The monoisotopic (exact) mass is 390 g/mol. The first kappa shape index (κ1) is 17.6. The number of fused-ring (bicyclic) bond motifs is 3. The molecule has 2 aromatic carbocycles. The fourth-order valence-corrected chi connectivity index (χ4v) is 6.83. The van der Waals surface area contributed by atoms with Crippen LogP contribution in [0.15, 0.2) is 71.9 Å². The van der Waals surface area contributed by atoms with E-state index in [4.69, 9.17) is 0 Å². The molecule has 0 radical (unpaired) electrons. The third-order valence-electron chi connectivity index (χ3n) is 5.94. The Morgan fingerprint density at radius 2 is 1.93 bits per heavy atom. The van der Waals surface area contributed by atoms with Crippen LogP contribution in [0.3, 0.4) is 0 Å². The maximum Gasteiger partial charge on any atom is 0.183 e. The molecule has 0 N–H and O–H groups in total. The van der Waals surface area contributed by atoms with E-state index >= 15 is 0 Å². The van der Waals surface area contributed by atoms with Crippen molar-refractivity contribution in [3.05, 3.63) is 83.7 Å². The highest BCUT2D eigenvalue weighted by Crippen LogP contribution is 2.46. The standard InChI is InChI=1S/C23H22N2O2S/c1-16-4-2-5-17(10-16)13-25-14-21-20-11-18(19-6-3-9-24-12-19)7-8-22(20)28(26,27)23(21)15-25/h2-12,21,23H,13-15H2,1H3/t21-,23+/m0/s1. The molecule has 2 aliphatic heterocycles. The molecule has 5 rings (SSSR count). The van der Waals surface area contributed by atoms with Gasteiger partial charge in [-0.05, 0) is 47.4 Å². The largest absolute Gasteiger partial charge is 0.297 e. The molecule has 1 fully saturated rings. The van der Waals surface area contributed by atoms with Crippen LogP contribution in [0, 0.1) is 6.92 Å². The fourth-order valence-electron chi connectivity index (χ4n) is 4.64. The van der Waals surface area contributed by atoms with Crippen molar-refractivity contribution >= 4 is 9.84 Å². The van der Waals surface area contributed by atoms with Crippen molar-refractivity contribution in [1.29, 1.82) is 0 Å². The zero-order chi connectivity index (χ0) is 19.3. The van der Waals surface area contributed by atoms with E-state index in [1.807, 2.05) is 24.4 Å². The Morgan fingerprint density at radius 3 is 2.71 bits per heavy atom. The van der Waals surface area contributed by atoms with Crippen molar-refractivity contribution in [2.24, 2.45) is 0 Å². The van der Waals surface area contributed by atoms with E-state index < -0.39 is 9.84 Å². The third kappa shape index (κ3) is 2.86. The van der Waals surface area contributed by atoms with Crippen LogP contribution in [0.5, 0.6) is 0 Å². The highest BCUT2D eigenvalue weighted by molar-refractivity contribution is 7.92. The Labute approximate surface area is 165 Å². The summed E-state index contributed by atoms with van der Waals surface area (Å²) in [5, 5.41) is -0.337. The van der Waals surface area contributed by atoms with Gasteiger partial charge in [-0.3, -0.25) is 9.88 Å². The lowest BCUT2D eigenvalue weighted by Crippen LogP contribution is -2.25. The summed E-state index contributed by atoms with van der Waals surface area (Å²) in [6.07, 6.45) is 3.57. The number of nitrogens with zero attached hydrogens (tertiary/aromatic N) is 2. The highest BCUT2D eigenvalue weighted by Gasteiger charge is 2.50. The Bertz CT molecular complexity index is 1140. The predicted octanol–water partition coefficient (Wildman–Crippen LogP) is 3.81. The minimum Gasteiger partial charge on any atom is -0.297 e. The molecule has 3 aromatic rings. The molecule has 4 nitrogen and oxygen atoms in total. The van der Waals surface area contributed by atoms with E-state index in [1.54, 1.807) is 12.3 Å². The molecule has 2 aliphatic rings. The second kappa shape index (κ2) is 6.54. The van der Waals surface area contributed by atoms with Gasteiger partial charge < -0.3 is 0 Å². The first-order valence-corrected chi connectivity index (χ1v) is 11.1. The van der Waals surface area contributed by atoms with E-state index in [0.29, 0.717) is 11.4 Å². The number of pyridine rings is 1. The summed E-state index contributed by atoms with van der Waals surface area (Å²) in [4.78, 5) is 6.99. The minimum absolute atomic E-state index is 0.0430. The third-order valence-corrected chi connectivity index (χ3v) is 8.20. The molecule has 0 amide bonds. The smallest absolute Gasteiger partial charge is 0.183 e. The number of aryl methyl sites for hydroxylation is 1. The number of aromatic nitrogens is 1. The number of sulfone groups is 1. The summed E-state index contributed by atoms with van der Waals surface area (Å²) in [6.45, 7) is 4.25. The molecular formula is C23H22N2O2S. The molecule has 142 valence electrons. The van der Waals surface area contributed by atoms with E-state index in [1.165, 1.54) is 11.1 Å². The van der Waals surface area contributed by atoms with Crippen LogP contribution in [0.1, 0.15) is 22.6 Å². The van der Waals surface area contributed by atoms with Crippen molar-refractivity contribution < 1.29 is 8.42 Å². The second-order valence-corrected chi connectivity index (χ2v) is 10.0. The SMILES string of the molecule is Cc1cccc(CN2C[C@@H]3[C@@H](C2)c2cc(-c4cccnc4)ccc2S3(=O)=O)c1. The summed E-state index contributed by atoms with van der Waals surface area (Å²) in [5.41, 5.74) is 5.48. The van der Waals surface area contributed by atoms with Gasteiger partial charge in [0.2, 0.25) is 0 Å². The van der Waals surface area contributed by atoms with E-state index in [2.05, 4.69) is 47.1 Å². The lowest BCUT2D eigenvalue weighted by Gasteiger charge is -2.18. The molecule has 0 aliphatic carbocycles. The molecule has 2 atom stereocenters. The van der Waals surface area contributed by atoms with Gasteiger partial charge in [0.25, 0.3) is 0 Å². The summed E-state index contributed by atoms with van der Waals surface area (Å²) in [6, 6.07) is 18.1. The van der Waals surface area contributed by atoms with Gasteiger partial charge in [-0.25, -0.2) is 8.42 Å². The lowest BCUT2D eigenvalue weighted by molar-refractivity contribution is 0.325.